The first-order valence-corrected chi connectivity index (χ1v) is 12.1. The summed E-state index contributed by atoms with van der Waals surface area (Å²) < 4.78 is 31.0. The van der Waals surface area contributed by atoms with Crippen molar-refractivity contribution in [3.8, 4) is 17.0 Å². The first kappa shape index (κ1) is 23.4. The molecule has 4 aromatic rings. The number of aryl methyl sites for hydroxylation is 1. The molecule has 6 nitrogen and oxygen atoms in total. The van der Waals surface area contributed by atoms with Crippen LogP contribution in [0, 0.1) is 11.6 Å². The second-order valence-corrected chi connectivity index (χ2v) is 9.44. The van der Waals surface area contributed by atoms with E-state index >= 15 is 4.39 Å². The van der Waals surface area contributed by atoms with Crippen molar-refractivity contribution in [3.05, 3.63) is 53.5 Å². The highest BCUT2D eigenvalue weighted by molar-refractivity contribution is 6.01. The molecule has 5 rings (SSSR count). The maximum absolute atomic E-state index is 16.3. The number of nitrogens with two attached hydrogens (primary N) is 1. The summed E-state index contributed by atoms with van der Waals surface area (Å²) in [6.07, 6.45) is 3.93. The number of nitrogens with zero attached hydrogens (tertiary/aromatic N) is 4. The van der Waals surface area contributed by atoms with E-state index in [-0.39, 0.29) is 34.7 Å². The highest BCUT2D eigenvalue weighted by atomic mass is 19.1. The summed E-state index contributed by atoms with van der Waals surface area (Å²) in [5.74, 6) is 0.126. The van der Waals surface area contributed by atoms with Crippen molar-refractivity contribution >= 4 is 27.5 Å². The number of hydrogen-bond acceptors (Lipinski definition) is 6. The molecular weight excluding hydrogens is 448 g/mol. The van der Waals surface area contributed by atoms with Gasteiger partial charge in [-0.3, -0.25) is 4.98 Å². The second kappa shape index (κ2) is 9.00. The van der Waals surface area contributed by atoms with Gasteiger partial charge in [-0.2, -0.15) is 0 Å². The summed E-state index contributed by atoms with van der Waals surface area (Å²) in [7, 11) is 0. The van der Waals surface area contributed by atoms with Crippen LogP contribution in [0.1, 0.15) is 50.9 Å². The lowest BCUT2D eigenvalue weighted by molar-refractivity contribution is 0.476. The van der Waals surface area contributed by atoms with Crippen LogP contribution in [-0.2, 0) is 6.42 Å². The van der Waals surface area contributed by atoms with E-state index in [1.54, 1.807) is 18.3 Å². The van der Waals surface area contributed by atoms with E-state index < -0.39 is 5.82 Å². The highest BCUT2D eigenvalue weighted by Crippen LogP contribution is 2.39. The monoisotopic (exact) mass is 477 g/mol. The first-order valence-electron chi connectivity index (χ1n) is 12.1. The van der Waals surface area contributed by atoms with Crippen LogP contribution in [0.25, 0.3) is 32.9 Å². The van der Waals surface area contributed by atoms with Gasteiger partial charge in [-0.1, -0.05) is 26.8 Å². The van der Waals surface area contributed by atoms with E-state index in [2.05, 4.69) is 14.9 Å². The average molecular weight is 478 g/mol. The number of phenolic OH excluding ortho intramolecular Hbond substituents is 1. The van der Waals surface area contributed by atoms with Gasteiger partial charge >= 0.3 is 0 Å². The topological polar surface area (TPSA) is 88.2 Å². The van der Waals surface area contributed by atoms with Crippen LogP contribution in [0.3, 0.4) is 0 Å². The highest BCUT2D eigenvalue weighted by Gasteiger charge is 2.29. The van der Waals surface area contributed by atoms with Crippen LogP contribution < -0.4 is 10.6 Å². The van der Waals surface area contributed by atoms with E-state index in [1.165, 1.54) is 12.1 Å². The van der Waals surface area contributed by atoms with Gasteiger partial charge in [-0.25, -0.2) is 18.7 Å². The van der Waals surface area contributed by atoms with Crippen LogP contribution in [0.2, 0.25) is 0 Å². The Hall–Kier alpha value is -3.39. The lowest BCUT2D eigenvalue weighted by Crippen LogP contribution is -2.36. The van der Waals surface area contributed by atoms with Gasteiger partial charge in [0, 0.05) is 36.8 Å². The van der Waals surface area contributed by atoms with Crippen molar-refractivity contribution < 1.29 is 13.9 Å². The lowest BCUT2D eigenvalue weighted by atomic mass is 9.94. The average Bonchev–Trinajstić information content (AvgIpc) is 3.32. The minimum absolute atomic E-state index is 0.0181. The smallest absolute Gasteiger partial charge is 0.175 e. The summed E-state index contributed by atoms with van der Waals surface area (Å²) in [5.41, 5.74) is 6.99. The molecule has 0 radical (unpaired) electrons. The molecule has 3 heterocycles. The third-order valence-corrected chi connectivity index (χ3v) is 6.88. The maximum Gasteiger partial charge on any atom is 0.175 e. The molecule has 1 aliphatic heterocycles. The second-order valence-electron chi connectivity index (χ2n) is 9.44. The molecule has 0 amide bonds. The van der Waals surface area contributed by atoms with E-state index in [9.17, 15) is 9.50 Å². The summed E-state index contributed by atoms with van der Waals surface area (Å²) in [6.45, 7) is 7.04. The molecule has 3 N–H and O–H groups in total. The summed E-state index contributed by atoms with van der Waals surface area (Å²) in [4.78, 5) is 16.0. The number of phenols is 1. The normalized spacial score (nSPS) is 16.2. The molecule has 1 fully saturated rings. The molecule has 0 bridgehead atoms. The van der Waals surface area contributed by atoms with Gasteiger partial charge in [0.05, 0.1) is 5.39 Å². The van der Waals surface area contributed by atoms with Crippen molar-refractivity contribution in [2.45, 2.75) is 52.0 Å². The number of anilines is 1. The lowest BCUT2D eigenvalue weighted by Gasteiger charge is -2.26. The predicted molar refractivity (Wildman–Crippen MR) is 135 cm³/mol. The molecule has 2 aromatic heterocycles. The van der Waals surface area contributed by atoms with E-state index in [4.69, 9.17) is 10.7 Å². The third-order valence-electron chi connectivity index (χ3n) is 6.88. The Kier molecular flexibility index (Phi) is 6.01. The third kappa shape index (κ3) is 3.86. The van der Waals surface area contributed by atoms with Gasteiger partial charge in [-0.05, 0) is 53.8 Å². The van der Waals surface area contributed by atoms with Crippen molar-refractivity contribution in [2.75, 3.05) is 18.0 Å². The Labute approximate surface area is 202 Å². The molecule has 35 heavy (non-hydrogen) atoms. The molecule has 0 spiro atoms. The van der Waals surface area contributed by atoms with Crippen LogP contribution >= 0.6 is 0 Å². The number of fused-ring (bicyclic) bond motifs is 2. The van der Waals surface area contributed by atoms with E-state index in [0.29, 0.717) is 51.9 Å². The zero-order valence-corrected chi connectivity index (χ0v) is 20.1. The van der Waals surface area contributed by atoms with Crippen LogP contribution in [0.15, 0.2) is 30.5 Å². The van der Waals surface area contributed by atoms with Crippen molar-refractivity contribution in [3.63, 3.8) is 0 Å². The van der Waals surface area contributed by atoms with Gasteiger partial charge in [0.15, 0.2) is 5.82 Å². The van der Waals surface area contributed by atoms with Gasteiger partial charge in [-0.15, -0.1) is 0 Å². The number of pyridine rings is 1. The molecule has 0 unspecified atom stereocenters. The minimum Gasteiger partial charge on any atom is -0.508 e. The summed E-state index contributed by atoms with van der Waals surface area (Å²) in [6, 6.07) is 6.07. The predicted octanol–water partition coefficient (Wildman–Crippen LogP) is 5.44. The van der Waals surface area contributed by atoms with Crippen molar-refractivity contribution in [2.24, 2.45) is 5.73 Å². The zero-order chi connectivity index (χ0) is 24.9. The Morgan fingerprint density at radius 3 is 2.71 bits per heavy atom. The number of benzene rings is 2. The SMILES string of the molecule is CCc1c(F)ccc2cc(O)cc(-c3ncc4c(N5CCC[C@H]5CN)nc(C(C)C)nc4c3F)c12. The largest absolute Gasteiger partial charge is 0.508 e. The fourth-order valence-electron chi connectivity index (χ4n) is 5.12. The number of rotatable bonds is 5. The molecular formula is C27H29F2N5O. The van der Waals surface area contributed by atoms with E-state index in [1.807, 2.05) is 20.8 Å². The molecule has 0 saturated carbocycles. The first-order chi connectivity index (χ1) is 16.8. The quantitative estimate of drug-likeness (QED) is 0.398. The Bertz CT molecular complexity index is 1440. The van der Waals surface area contributed by atoms with Gasteiger partial charge in [0.25, 0.3) is 0 Å². The molecule has 2 aromatic carbocycles. The van der Waals surface area contributed by atoms with Crippen LogP contribution in [0.4, 0.5) is 14.6 Å². The Morgan fingerprint density at radius 1 is 1.20 bits per heavy atom. The minimum atomic E-state index is -0.616. The van der Waals surface area contributed by atoms with Crippen molar-refractivity contribution in [1.82, 2.24) is 15.0 Å². The standard InChI is InChI=1S/C27H29F2N5O/c1-4-18-21(28)8-7-15-10-17(35)11-19(22(15)18)24-23(29)25-20(13-31-24)27(33-26(32-25)14(2)3)34-9-5-6-16(34)12-30/h7-8,10-11,13-14,16,35H,4-6,9,12,30H2,1-3H3/t16-/m0/s1. The number of aromatic nitrogens is 3. The number of halogens is 2. The molecule has 0 aliphatic carbocycles. The molecule has 1 atom stereocenters. The van der Waals surface area contributed by atoms with Gasteiger partial charge in [0.2, 0.25) is 0 Å². The van der Waals surface area contributed by atoms with E-state index in [0.717, 1.165) is 19.4 Å². The molecule has 8 heteroatoms. The fraction of sp³-hybridized carbons (Fsp3) is 0.370. The van der Waals surface area contributed by atoms with Crippen LogP contribution in [0.5, 0.6) is 5.75 Å². The number of aromatic hydroxyl groups is 1. The van der Waals surface area contributed by atoms with Gasteiger partial charge in [0.1, 0.15) is 34.4 Å². The van der Waals surface area contributed by atoms with Crippen molar-refractivity contribution in [1.29, 1.82) is 0 Å². The summed E-state index contributed by atoms with van der Waals surface area (Å²) >= 11 is 0. The van der Waals surface area contributed by atoms with Crippen LogP contribution in [-0.4, -0.2) is 39.2 Å². The van der Waals surface area contributed by atoms with Gasteiger partial charge < -0.3 is 15.7 Å². The number of hydrogen-bond donors (Lipinski definition) is 2. The zero-order valence-electron chi connectivity index (χ0n) is 20.1. The summed E-state index contributed by atoms with van der Waals surface area (Å²) in [5, 5.41) is 12.1. The fourth-order valence-corrected chi connectivity index (χ4v) is 5.12. The Morgan fingerprint density at radius 2 is 2.00 bits per heavy atom. The molecule has 1 aliphatic rings. The maximum atomic E-state index is 16.3. The Balaban J connectivity index is 1.81. The molecule has 182 valence electrons. The molecule has 1 saturated heterocycles.